The van der Waals surface area contributed by atoms with E-state index in [9.17, 15) is 4.79 Å². The number of carbonyl (C=O) groups excluding carboxylic acids is 1. The second-order valence-electron chi connectivity index (χ2n) is 18.2. The number of hydrogen-bond donors (Lipinski definition) is 0. The van der Waals surface area contributed by atoms with E-state index in [1.165, 1.54) is 52.1 Å². The van der Waals surface area contributed by atoms with Gasteiger partial charge in [0.1, 0.15) is 0 Å². The summed E-state index contributed by atoms with van der Waals surface area (Å²) in [7, 11) is -3.61. The fraction of sp³-hybridized carbons (Fsp3) is 0.971. The van der Waals surface area contributed by atoms with E-state index in [2.05, 4.69) is 79.7 Å². The van der Waals surface area contributed by atoms with Gasteiger partial charge in [-0.1, -0.05) is 20.8 Å². The van der Waals surface area contributed by atoms with Crippen molar-refractivity contribution in [2.45, 2.75) is 156 Å². The molecule has 11 unspecified atom stereocenters. The van der Waals surface area contributed by atoms with Crippen molar-refractivity contribution in [1.29, 1.82) is 0 Å². The van der Waals surface area contributed by atoms with Gasteiger partial charge >= 0.3 is 5.97 Å². The summed E-state index contributed by atoms with van der Waals surface area (Å²) < 4.78 is 26.4. The number of rotatable bonds is 10. The molecule has 0 bridgehead atoms. The van der Waals surface area contributed by atoms with Gasteiger partial charge in [-0.15, -0.1) is 0 Å². The maximum Gasteiger partial charge on any atom is 0.305 e. The average Bonchev–Trinajstić information content (AvgIpc) is 3.19. The van der Waals surface area contributed by atoms with Gasteiger partial charge in [0.05, 0.1) is 13.2 Å². The Morgan fingerprint density at radius 3 is 2.00 bits per heavy atom. The van der Waals surface area contributed by atoms with Crippen LogP contribution in [-0.2, 0) is 22.8 Å². The van der Waals surface area contributed by atoms with E-state index in [1.54, 1.807) is 0 Å². The number of methoxy groups -OCH3 is 1. The molecule has 0 aliphatic heterocycles. The number of hydrogen-bond acceptors (Lipinski definition) is 5. The third-order valence-electron chi connectivity index (χ3n) is 12.0. The molecule has 4 aliphatic carbocycles. The van der Waals surface area contributed by atoms with Gasteiger partial charge in [0.2, 0.25) is 0 Å². The summed E-state index contributed by atoms with van der Waals surface area (Å²) in [5, 5.41) is 0. The van der Waals surface area contributed by atoms with E-state index in [0.717, 1.165) is 6.42 Å². The minimum absolute atomic E-state index is 0.0799. The highest BCUT2D eigenvalue weighted by atomic mass is 28.4. The fourth-order valence-corrected chi connectivity index (χ4v) is 14.1. The highest BCUT2D eigenvalue weighted by molar-refractivity contribution is 6.70. The highest BCUT2D eigenvalue weighted by Gasteiger charge is 2.67. The van der Waals surface area contributed by atoms with Gasteiger partial charge in [-0.05, 0) is 157 Å². The first-order chi connectivity index (χ1) is 19.2. The molecule has 42 heavy (non-hydrogen) atoms. The van der Waals surface area contributed by atoms with Crippen LogP contribution in [0.2, 0.25) is 58.9 Å². The summed E-state index contributed by atoms with van der Waals surface area (Å²) in [6.07, 6.45) is 11.0. The van der Waals surface area contributed by atoms with E-state index in [-0.39, 0.29) is 17.5 Å². The van der Waals surface area contributed by atoms with Crippen molar-refractivity contribution < 1.29 is 22.8 Å². The van der Waals surface area contributed by atoms with Crippen molar-refractivity contribution in [3.63, 3.8) is 0 Å². The molecule has 0 aromatic heterocycles. The molecular weight excluding hydrogens is 573 g/mol. The van der Waals surface area contributed by atoms with Crippen LogP contribution in [0.1, 0.15) is 78.6 Å². The second-order valence-corrected chi connectivity index (χ2v) is 31.6. The standard InChI is InChI=1S/C34H66O5Si3/c1-23(14-17-31(35)36-4)26-15-16-27-32-28(22-30(34(26,27)3)39-42(11,12)13)33(2)19-18-25(37-40(5,6)7)20-24(33)21-29(32)38-41(8,9)10/h23-30,32H,14-22H2,1-13H3. The van der Waals surface area contributed by atoms with E-state index in [4.69, 9.17) is 18.0 Å². The lowest BCUT2D eigenvalue weighted by atomic mass is 9.43. The van der Waals surface area contributed by atoms with E-state index >= 15 is 0 Å². The van der Waals surface area contributed by atoms with Crippen molar-refractivity contribution in [2.24, 2.45) is 46.3 Å². The Morgan fingerprint density at radius 1 is 0.810 bits per heavy atom. The summed E-state index contributed by atoms with van der Waals surface area (Å²) >= 11 is 0. The van der Waals surface area contributed by atoms with Crippen LogP contribution >= 0.6 is 0 Å². The molecule has 0 N–H and O–H groups in total. The zero-order valence-corrected chi connectivity index (χ0v) is 32.6. The smallest absolute Gasteiger partial charge is 0.305 e. The lowest BCUT2D eigenvalue weighted by Gasteiger charge is -2.66. The number of esters is 1. The first-order valence-corrected chi connectivity index (χ1v) is 27.5. The Bertz CT molecular complexity index is 954. The Hall–Kier alpha value is 0.000649. The molecule has 0 aromatic carbocycles. The fourth-order valence-electron chi connectivity index (χ4n) is 10.5. The van der Waals surface area contributed by atoms with E-state index in [1.807, 2.05) is 0 Å². The Morgan fingerprint density at radius 2 is 1.43 bits per heavy atom. The maximum absolute atomic E-state index is 12.1. The predicted molar refractivity (Wildman–Crippen MR) is 181 cm³/mol. The topological polar surface area (TPSA) is 54.0 Å². The molecule has 4 aliphatic rings. The number of carbonyl (C=O) groups is 1. The van der Waals surface area contributed by atoms with Gasteiger partial charge in [-0.25, -0.2) is 0 Å². The third-order valence-corrected chi connectivity index (χ3v) is 15.0. The van der Waals surface area contributed by atoms with Crippen LogP contribution in [0.4, 0.5) is 0 Å². The average molecular weight is 639 g/mol. The summed E-state index contributed by atoms with van der Waals surface area (Å²) in [4.78, 5) is 12.1. The van der Waals surface area contributed by atoms with Crippen molar-refractivity contribution in [3.05, 3.63) is 0 Å². The van der Waals surface area contributed by atoms with Crippen LogP contribution in [0.15, 0.2) is 0 Å². The molecule has 0 spiro atoms. The van der Waals surface area contributed by atoms with Gasteiger partial charge in [0.25, 0.3) is 0 Å². The summed E-state index contributed by atoms with van der Waals surface area (Å²) in [5.41, 5.74) is 0.430. The Kier molecular flexibility index (Phi) is 10.2. The summed E-state index contributed by atoms with van der Waals surface area (Å²) in [5.74, 6) is 3.45. The molecule has 4 fully saturated rings. The van der Waals surface area contributed by atoms with Crippen molar-refractivity contribution in [3.8, 4) is 0 Å². The molecule has 4 rings (SSSR count). The zero-order valence-electron chi connectivity index (χ0n) is 29.6. The largest absolute Gasteiger partial charge is 0.469 e. The molecule has 8 heteroatoms. The first-order valence-electron chi connectivity index (χ1n) is 17.3. The van der Waals surface area contributed by atoms with Gasteiger partial charge in [-0.2, -0.15) is 0 Å². The van der Waals surface area contributed by atoms with Crippen LogP contribution < -0.4 is 0 Å². The second kappa shape index (κ2) is 12.3. The van der Waals surface area contributed by atoms with Crippen LogP contribution in [0.3, 0.4) is 0 Å². The Balaban J connectivity index is 1.72. The van der Waals surface area contributed by atoms with Crippen LogP contribution in [0, 0.1) is 46.3 Å². The van der Waals surface area contributed by atoms with Crippen LogP contribution in [0.25, 0.3) is 0 Å². The molecule has 244 valence electrons. The molecule has 11 atom stereocenters. The van der Waals surface area contributed by atoms with Gasteiger partial charge in [-0.3, -0.25) is 4.79 Å². The molecule has 0 aromatic rings. The van der Waals surface area contributed by atoms with E-state index in [0.29, 0.717) is 59.6 Å². The van der Waals surface area contributed by atoms with E-state index < -0.39 is 25.0 Å². The third kappa shape index (κ3) is 7.35. The highest BCUT2D eigenvalue weighted by Crippen LogP contribution is 2.69. The first kappa shape index (κ1) is 34.9. The molecule has 0 amide bonds. The van der Waals surface area contributed by atoms with Gasteiger partial charge in [0, 0.05) is 18.6 Å². The predicted octanol–water partition coefficient (Wildman–Crippen LogP) is 9.11. The Labute approximate surface area is 262 Å². The quantitative estimate of drug-likeness (QED) is 0.176. The van der Waals surface area contributed by atoms with Crippen molar-refractivity contribution in [1.82, 2.24) is 0 Å². The monoisotopic (exact) mass is 638 g/mol. The normalized spacial score (nSPS) is 41.5. The van der Waals surface area contributed by atoms with Gasteiger partial charge in [0.15, 0.2) is 25.0 Å². The van der Waals surface area contributed by atoms with Crippen LogP contribution in [-0.4, -0.2) is 56.3 Å². The van der Waals surface area contributed by atoms with Crippen molar-refractivity contribution >= 4 is 30.9 Å². The van der Waals surface area contributed by atoms with Crippen LogP contribution in [0.5, 0.6) is 0 Å². The molecule has 0 heterocycles. The minimum atomic E-state index is -1.79. The van der Waals surface area contributed by atoms with Gasteiger partial charge < -0.3 is 18.0 Å². The molecule has 0 radical (unpaired) electrons. The number of ether oxygens (including phenoxy) is 1. The molecule has 4 saturated carbocycles. The SMILES string of the molecule is COC(=O)CCC(C)C1CCC2C3C(O[Si](C)(C)C)CC4CC(O[Si](C)(C)C)CCC4(C)C3CC(O[Si](C)(C)C)C12C. The zero-order chi connectivity index (χ0) is 31.5. The summed E-state index contributed by atoms with van der Waals surface area (Å²) in [6, 6.07) is 0. The maximum atomic E-state index is 12.1. The van der Waals surface area contributed by atoms with Crippen molar-refractivity contribution in [2.75, 3.05) is 7.11 Å². The molecule has 5 nitrogen and oxygen atoms in total. The number of fused-ring (bicyclic) bond motifs is 5. The molecular formula is C34H66O5Si3. The molecule has 0 saturated heterocycles. The summed E-state index contributed by atoms with van der Waals surface area (Å²) in [6.45, 7) is 29.0. The lowest BCUT2D eigenvalue weighted by molar-refractivity contribution is -0.199. The minimum Gasteiger partial charge on any atom is -0.469 e. The lowest BCUT2D eigenvalue weighted by Crippen LogP contribution is -2.64.